The number of hydrogen-bond acceptors (Lipinski definition) is 5. The minimum atomic E-state index is -3.73. The van der Waals surface area contributed by atoms with Crippen LogP contribution in [0, 0.1) is 34.6 Å². The van der Waals surface area contributed by atoms with E-state index in [0.717, 1.165) is 27.8 Å². The van der Waals surface area contributed by atoms with E-state index in [2.05, 4.69) is 10.0 Å². The third kappa shape index (κ3) is 6.93. The maximum absolute atomic E-state index is 13.0. The molecule has 1 aliphatic rings. The number of hydrogen-bond donors (Lipinski definition) is 2. The Balaban J connectivity index is 1.86. The maximum atomic E-state index is 13.0. The highest BCUT2D eigenvalue weighted by molar-refractivity contribution is 7.89. The van der Waals surface area contributed by atoms with E-state index in [0.29, 0.717) is 30.8 Å². The van der Waals surface area contributed by atoms with Crippen LogP contribution in [0.4, 0.5) is 4.79 Å². The van der Waals surface area contributed by atoms with Crippen molar-refractivity contribution in [3.05, 3.63) is 27.8 Å². The molecular formula is C24H39N3O5S. The second-order valence-electron chi connectivity index (χ2n) is 9.91. The van der Waals surface area contributed by atoms with Gasteiger partial charge in [0.2, 0.25) is 15.9 Å². The number of nitrogens with one attached hydrogen (secondary N) is 2. The molecule has 186 valence electrons. The summed E-state index contributed by atoms with van der Waals surface area (Å²) in [6.45, 7) is 16.0. The monoisotopic (exact) mass is 481 g/mol. The molecule has 0 unspecified atom stereocenters. The summed E-state index contributed by atoms with van der Waals surface area (Å²) in [5.74, 6) is -0.210. The molecule has 1 heterocycles. The highest BCUT2D eigenvalue weighted by atomic mass is 32.2. The van der Waals surface area contributed by atoms with Gasteiger partial charge in [-0.25, -0.2) is 17.9 Å². The molecule has 1 fully saturated rings. The molecule has 0 atom stereocenters. The molecule has 1 aliphatic heterocycles. The van der Waals surface area contributed by atoms with E-state index in [1.165, 1.54) is 0 Å². The van der Waals surface area contributed by atoms with Gasteiger partial charge in [-0.05, 0) is 96.0 Å². The fourth-order valence-electron chi connectivity index (χ4n) is 4.07. The van der Waals surface area contributed by atoms with Gasteiger partial charge in [0.15, 0.2) is 0 Å². The van der Waals surface area contributed by atoms with Crippen LogP contribution >= 0.6 is 0 Å². The number of piperidine rings is 1. The number of carbonyl (C=O) groups excluding carboxylic acids is 2. The van der Waals surface area contributed by atoms with Crippen LogP contribution in [0.3, 0.4) is 0 Å². The summed E-state index contributed by atoms with van der Waals surface area (Å²) in [4.78, 5) is 26.5. The number of sulfonamides is 1. The number of nitrogens with zero attached hydrogens (tertiary/aromatic N) is 1. The van der Waals surface area contributed by atoms with Crippen molar-refractivity contribution in [1.29, 1.82) is 0 Å². The van der Waals surface area contributed by atoms with E-state index in [1.54, 1.807) is 4.90 Å². The second kappa shape index (κ2) is 10.4. The average Bonchev–Trinajstić information content (AvgIpc) is 2.69. The topological polar surface area (TPSA) is 105 Å². The van der Waals surface area contributed by atoms with Crippen molar-refractivity contribution < 1.29 is 22.7 Å². The average molecular weight is 482 g/mol. The Morgan fingerprint density at radius 2 is 1.42 bits per heavy atom. The molecule has 1 aromatic rings. The van der Waals surface area contributed by atoms with E-state index in [4.69, 9.17) is 4.74 Å². The van der Waals surface area contributed by atoms with Gasteiger partial charge in [-0.1, -0.05) is 0 Å². The van der Waals surface area contributed by atoms with Crippen LogP contribution < -0.4 is 10.0 Å². The molecule has 2 amide bonds. The number of amides is 2. The Morgan fingerprint density at radius 3 is 1.91 bits per heavy atom. The van der Waals surface area contributed by atoms with Crippen LogP contribution in [0.5, 0.6) is 0 Å². The highest BCUT2D eigenvalue weighted by Gasteiger charge is 2.28. The van der Waals surface area contributed by atoms with Gasteiger partial charge in [0, 0.05) is 32.1 Å². The lowest BCUT2D eigenvalue weighted by Gasteiger charge is -2.33. The number of benzene rings is 1. The van der Waals surface area contributed by atoms with Gasteiger partial charge in [-0.15, -0.1) is 0 Å². The predicted molar refractivity (Wildman–Crippen MR) is 129 cm³/mol. The fourth-order valence-corrected chi connectivity index (χ4v) is 5.70. The minimum absolute atomic E-state index is 0.0236. The van der Waals surface area contributed by atoms with Gasteiger partial charge in [-0.3, -0.25) is 4.79 Å². The first-order valence-corrected chi connectivity index (χ1v) is 13.0. The van der Waals surface area contributed by atoms with Crippen molar-refractivity contribution in [1.82, 2.24) is 14.9 Å². The van der Waals surface area contributed by atoms with Crippen molar-refractivity contribution in [2.75, 3.05) is 19.6 Å². The summed E-state index contributed by atoms with van der Waals surface area (Å²) in [6.07, 6.45) is 0.982. The second-order valence-corrected chi connectivity index (χ2v) is 11.6. The Labute approximate surface area is 198 Å². The SMILES string of the molecule is Cc1c(C)c(C)c(S(=O)(=O)NCCC(=O)NC2CCN(C(=O)OC(C)(C)C)CC2)c(C)c1C. The molecule has 8 nitrogen and oxygen atoms in total. The van der Waals surface area contributed by atoms with E-state index in [1.807, 2.05) is 55.4 Å². The van der Waals surface area contributed by atoms with E-state index < -0.39 is 15.6 Å². The van der Waals surface area contributed by atoms with Gasteiger partial charge >= 0.3 is 6.09 Å². The lowest BCUT2D eigenvalue weighted by Crippen LogP contribution is -2.48. The summed E-state index contributed by atoms with van der Waals surface area (Å²) in [6, 6.07) is -0.0420. The first kappa shape index (κ1) is 27.1. The van der Waals surface area contributed by atoms with Crippen LogP contribution in [0.15, 0.2) is 4.90 Å². The highest BCUT2D eigenvalue weighted by Crippen LogP contribution is 2.29. The summed E-state index contributed by atoms with van der Waals surface area (Å²) in [5, 5.41) is 2.95. The molecule has 2 rings (SSSR count). The largest absolute Gasteiger partial charge is 0.444 e. The number of ether oxygens (including phenoxy) is 1. The predicted octanol–water partition coefficient (Wildman–Crippen LogP) is 3.41. The Kier molecular flexibility index (Phi) is 8.57. The molecule has 0 saturated carbocycles. The Morgan fingerprint density at radius 1 is 0.939 bits per heavy atom. The van der Waals surface area contributed by atoms with Crippen LogP contribution in [0.1, 0.15) is 67.9 Å². The van der Waals surface area contributed by atoms with Gasteiger partial charge < -0.3 is 15.0 Å². The van der Waals surface area contributed by atoms with E-state index in [-0.39, 0.29) is 31.0 Å². The zero-order valence-electron chi connectivity index (χ0n) is 21.2. The van der Waals surface area contributed by atoms with Crippen LogP contribution in [0.25, 0.3) is 0 Å². The normalized spacial score (nSPS) is 15.5. The number of likely N-dealkylation sites (tertiary alicyclic amines) is 1. The van der Waals surface area contributed by atoms with Gasteiger partial charge in [0.1, 0.15) is 5.60 Å². The molecule has 0 aromatic heterocycles. The minimum Gasteiger partial charge on any atom is -0.444 e. The van der Waals surface area contributed by atoms with E-state index in [9.17, 15) is 18.0 Å². The summed E-state index contributed by atoms with van der Waals surface area (Å²) in [5.41, 5.74) is 3.97. The number of carbonyl (C=O) groups is 2. The van der Waals surface area contributed by atoms with Crippen molar-refractivity contribution >= 4 is 22.0 Å². The molecule has 1 saturated heterocycles. The zero-order chi connectivity index (χ0) is 25.1. The third-order valence-corrected chi connectivity index (χ3v) is 8.09. The summed E-state index contributed by atoms with van der Waals surface area (Å²) < 4.78 is 33.9. The molecule has 0 radical (unpaired) electrons. The van der Waals surface area contributed by atoms with Crippen molar-refractivity contribution in [3.8, 4) is 0 Å². The third-order valence-electron chi connectivity index (χ3n) is 6.36. The van der Waals surface area contributed by atoms with Crippen molar-refractivity contribution in [2.24, 2.45) is 0 Å². The van der Waals surface area contributed by atoms with Crippen molar-refractivity contribution in [3.63, 3.8) is 0 Å². The molecule has 9 heteroatoms. The van der Waals surface area contributed by atoms with Crippen LogP contribution in [0.2, 0.25) is 0 Å². The standard InChI is InChI=1S/C24H39N3O5S/c1-15-16(2)18(4)22(19(5)17(15)3)33(30,31)25-12-9-21(28)26-20-10-13-27(14-11-20)23(29)32-24(6,7)8/h20,25H,9-14H2,1-8H3,(H,26,28). The molecular weight excluding hydrogens is 442 g/mol. The van der Waals surface area contributed by atoms with Crippen LogP contribution in [-0.2, 0) is 19.6 Å². The van der Waals surface area contributed by atoms with Gasteiger partial charge in [-0.2, -0.15) is 0 Å². The molecule has 0 spiro atoms. The molecule has 33 heavy (non-hydrogen) atoms. The molecule has 1 aromatic carbocycles. The maximum Gasteiger partial charge on any atom is 0.410 e. The van der Waals surface area contributed by atoms with Crippen molar-refractivity contribution in [2.45, 2.75) is 91.2 Å². The Bertz CT molecular complexity index is 975. The quantitative estimate of drug-likeness (QED) is 0.648. The molecule has 0 bridgehead atoms. The summed E-state index contributed by atoms with van der Waals surface area (Å²) >= 11 is 0. The molecule has 0 aliphatic carbocycles. The van der Waals surface area contributed by atoms with Gasteiger partial charge in [0.05, 0.1) is 4.90 Å². The lowest BCUT2D eigenvalue weighted by atomic mass is 9.95. The number of rotatable bonds is 6. The van der Waals surface area contributed by atoms with E-state index >= 15 is 0 Å². The Hall–Kier alpha value is -2.13. The molecule has 2 N–H and O–H groups in total. The summed E-state index contributed by atoms with van der Waals surface area (Å²) in [7, 11) is -3.73. The first-order chi connectivity index (χ1) is 15.1. The lowest BCUT2D eigenvalue weighted by molar-refractivity contribution is -0.121. The van der Waals surface area contributed by atoms with Gasteiger partial charge in [0.25, 0.3) is 0 Å². The first-order valence-electron chi connectivity index (χ1n) is 11.5. The fraction of sp³-hybridized carbons (Fsp3) is 0.667. The van der Waals surface area contributed by atoms with Crippen LogP contribution in [-0.4, -0.2) is 56.6 Å². The smallest absolute Gasteiger partial charge is 0.410 e. The zero-order valence-corrected chi connectivity index (χ0v) is 22.0.